The third-order valence-corrected chi connectivity index (χ3v) is 4.47. The number of H-pyrrole nitrogens is 2. The number of nitrogens with one attached hydrogen (secondary N) is 3. The number of aromatic amines is 2. The van der Waals surface area contributed by atoms with Crippen molar-refractivity contribution in [3.63, 3.8) is 0 Å². The van der Waals surface area contributed by atoms with Crippen LogP contribution >= 0.6 is 23.8 Å². The summed E-state index contributed by atoms with van der Waals surface area (Å²) in [6.07, 6.45) is 3.45. The molecule has 2 heterocycles. The number of carbonyl (C=O) groups is 1. The van der Waals surface area contributed by atoms with Crippen LogP contribution in [0.1, 0.15) is 15.9 Å². The maximum Gasteiger partial charge on any atom is 0.253 e. The zero-order valence-corrected chi connectivity index (χ0v) is 15.4. The molecule has 0 radical (unpaired) electrons. The summed E-state index contributed by atoms with van der Waals surface area (Å²) < 4.78 is 15.8. The maximum absolute atomic E-state index is 13.8. The molecule has 0 aliphatic rings. The van der Waals surface area contributed by atoms with Crippen LogP contribution in [-0.4, -0.2) is 25.7 Å². The molecule has 0 saturated carbocycles. The maximum atomic E-state index is 13.8. The summed E-state index contributed by atoms with van der Waals surface area (Å²) >= 11 is 10.9. The zero-order valence-electron chi connectivity index (χ0n) is 13.8. The number of hydrogen-bond acceptors (Lipinski definition) is 3. The average Bonchev–Trinajstić information content (AvgIpc) is 3.25. The van der Waals surface area contributed by atoms with E-state index >= 15 is 0 Å². The molecule has 0 spiro atoms. The van der Waals surface area contributed by atoms with Gasteiger partial charge in [0.25, 0.3) is 5.91 Å². The summed E-state index contributed by atoms with van der Waals surface area (Å²) in [5.41, 5.74) is 2.75. The fraction of sp³-hybridized carbons (Fsp3) is 0.0556. The molecular formula is C18H13ClFN5OS. The van der Waals surface area contributed by atoms with E-state index in [-0.39, 0.29) is 12.1 Å². The number of imidazole rings is 1. The minimum absolute atomic E-state index is 0.183. The Balaban J connectivity index is 1.52. The quantitative estimate of drug-likeness (QED) is 0.450. The van der Waals surface area contributed by atoms with Crippen molar-refractivity contribution < 1.29 is 9.18 Å². The Labute approximate surface area is 163 Å². The monoisotopic (exact) mass is 401 g/mol. The van der Waals surface area contributed by atoms with Crippen LogP contribution in [-0.2, 0) is 6.54 Å². The minimum atomic E-state index is -0.520. The van der Waals surface area contributed by atoms with E-state index in [1.807, 2.05) is 12.1 Å². The number of carbonyl (C=O) groups excluding carboxylic acids is 1. The van der Waals surface area contributed by atoms with Gasteiger partial charge in [0.05, 0.1) is 28.5 Å². The Kier molecular flexibility index (Phi) is 4.51. The molecule has 0 atom stereocenters. The van der Waals surface area contributed by atoms with E-state index in [1.54, 1.807) is 29.2 Å². The van der Waals surface area contributed by atoms with Crippen molar-refractivity contribution in [3.8, 4) is 5.69 Å². The number of halogens is 2. The second kappa shape index (κ2) is 6.98. The fourth-order valence-electron chi connectivity index (χ4n) is 2.75. The van der Waals surface area contributed by atoms with Gasteiger partial charge in [-0.25, -0.2) is 9.07 Å². The SMILES string of the molecule is O=C(NCc1cnn(-c2ccc(Cl)cc2)c1)c1cc(F)cc2[nH]c(=S)[nH]c12. The van der Waals surface area contributed by atoms with Gasteiger partial charge in [-0.15, -0.1) is 0 Å². The van der Waals surface area contributed by atoms with Gasteiger partial charge in [0.15, 0.2) is 4.77 Å². The van der Waals surface area contributed by atoms with Gasteiger partial charge in [-0.05, 0) is 48.6 Å². The van der Waals surface area contributed by atoms with Crippen LogP contribution in [0.2, 0.25) is 5.02 Å². The van der Waals surface area contributed by atoms with E-state index in [0.717, 1.165) is 11.3 Å². The number of benzene rings is 2. The van der Waals surface area contributed by atoms with Crippen molar-refractivity contribution in [3.05, 3.63) is 75.5 Å². The van der Waals surface area contributed by atoms with Crippen molar-refractivity contribution in [1.29, 1.82) is 0 Å². The Bertz CT molecular complexity index is 1190. The van der Waals surface area contributed by atoms with Gasteiger partial charge < -0.3 is 15.3 Å². The smallest absolute Gasteiger partial charge is 0.253 e. The van der Waals surface area contributed by atoms with Gasteiger partial charge in [0.1, 0.15) is 5.82 Å². The van der Waals surface area contributed by atoms with E-state index in [2.05, 4.69) is 20.4 Å². The molecular weight excluding hydrogens is 389 g/mol. The third-order valence-electron chi connectivity index (χ3n) is 4.01. The van der Waals surface area contributed by atoms with Gasteiger partial charge in [0, 0.05) is 23.3 Å². The van der Waals surface area contributed by atoms with Crippen LogP contribution in [0.15, 0.2) is 48.8 Å². The van der Waals surface area contributed by atoms with Crippen molar-refractivity contribution in [1.82, 2.24) is 25.1 Å². The third kappa shape index (κ3) is 3.62. The molecule has 0 fully saturated rings. The van der Waals surface area contributed by atoms with E-state index in [1.165, 1.54) is 12.1 Å². The molecule has 27 heavy (non-hydrogen) atoms. The largest absolute Gasteiger partial charge is 0.348 e. The Morgan fingerprint density at radius 3 is 2.81 bits per heavy atom. The van der Waals surface area contributed by atoms with Crippen LogP contribution in [0.3, 0.4) is 0 Å². The van der Waals surface area contributed by atoms with E-state index in [9.17, 15) is 9.18 Å². The molecule has 4 aromatic rings. The van der Waals surface area contributed by atoms with E-state index in [4.69, 9.17) is 23.8 Å². The van der Waals surface area contributed by atoms with Crippen molar-refractivity contribution in [2.24, 2.45) is 0 Å². The highest BCUT2D eigenvalue weighted by Crippen LogP contribution is 2.18. The first-order chi connectivity index (χ1) is 13.0. The summed E-state index contributed by atoms with van der Waals surface area (Å²) in [5.74, 6) is -0.933. The standard InChI is InChI=1S/C18H13ClFN5OS/c19-11-1-3-13(4-2-11)25-9-10(8-22-25)7-21-17(26)14-5-12(20)6-15-16(14)24-18(27)23-15/h1-6,8-9H,7H2,(H,21,26)(H2,23,24,27). The second-order valence-corrected chi connectivity index (χ2v) is 6.75. The molecule has 0 saturated heterocycles. The van der Waals surface area contributed by atoms with Crippen LogP contribution in [0.5, 0.6) is 0 Å². The number of amides is 1. The highest BCUT2D eigenvalue weighted by molar-refractivity contribution is 7.71. The molecule has 0 aliphatic heterocycles. The van der Waals surface area contributed by atoms with Gasteiger partial charge in [0.2, 0.25) is 0 Å². The lowest BCUT2D eigenvalue weighted by atomic mass is 10.1. The summed E-state index contributed by atoms with van der Waals surface area (Å²) in [4.78, 5) is 18.2. The first kappa shape index (κ1) is 17.4. The number of fused-ring (bicyclic) bond motifs is 1. The predicted octanol–water partition coefficient (Wildman–Crippen LogP) is 4.13. The highest BCUT2D eigenvalue weighted by atomic mass is 35.5. The van der Waals surface area contributed by atoms with Crippen LogP contribution < -0.4 is 5.32 Å². The first-order valence-electron chi connectivity index (χ1n) is 7.99. The van der Waals surface area contributed by atoms with Gasteiger partial charge >= 0.3 is 0 Å². The summed E-state index contributed by atoms with van der Waals surface area (Å²) in [6.45, 7) is 0.246. The Hall–Kier alpha value is -2.97. The Morgan fingerprint density at radius 2 is 2.04 bits per heavy atom. The topological polar surface area (TPSA) is 78.5 Å². The number of aromatic nitrogens is 4. The molecule has 3 N–H and O–H groups in total. The summed E-state index contributed by atoms with van der Waals surface area (Å²) in [6, 6.07) is 9.69. The summed E-state index contributed by atoms with van der Waals surface area (Å²) in [7, 11) is 0. The average molecular weight is 402 g/mol. The lowest BCUT2D eigenvalue weighted by molar-refractivity contribution is 0.0952. The normalized spacial score (nSPS) is 11.0. The van der Waals surface area contributed by atoms with Crippen LogP contribution in [0, 0.1) is 10.6 Å². The fourth-order valence-corrected chi connectivity index (χ4v) is 3.09. The van der Waals surface area contributed by atoms with Crippen molar-refractivity contribution in [2.75, 3.05) is 0 Å². The zero-order chi connectivity index (χ0) is 19.0. The molecule has 6 nitrogen and oxygen atoms in total. The van der Waals surface area contributed by atoms with Gasteiger partial charge in [-0.3, -0.25) is 4.79 Å². The van der Waals surface area contributed by atoms with E-state index < -0.39 is 11.7 Å². The molecule has 4 rings (SSSR count). The molecule has 0 aliphatic carbocycles. The molecule has 2 aromatic carbocycles. The molecule has 9 heteroatoms. The number of nitrogens with zero attached hydrogens (tertiary/aromatic N) is 2. The molecule has 1 amide bonds. The number of hydrogen-bond donors (Lipinski definition) is 3. The molecule has 0 unspecified atom stereocenters. The lowest BCUT2D eigenvalue weighted by Gasteiger charge is -2.05. The second-order valence-electron chi connectivity index (χ2n) is 5.91. The van der Waals surface area contributed by atoms with Gasteiger partial charge in [-0.1, -0.05) is 11.6 Å². The van der Waals surface area contributed by atoms with Crippen LogP contribution in [0.4, 0.5) is 4.39 Å². The molecule has 136 valence electrons. The number of rotatable bonds is 4. The van der Waals surface area contributed by atoms with Crippen LogP contribution in [0.25, 0.3) is 16.7 Å². The van der Waals surface area contributed by atoms with Gasteiger partial charge in [-0.2, -0.15) is 5.10 Å². The predicted molar refractivity (Wildman–Crippen MR) is 103 cm³/mol. The molecule has 0 bridgehead atoms. The van der Waals surface area contributed by atoms with Crippen molar-refractivity contribution >= 4 is 40.8 Å². The Morgan fingerprint density at radius 1 is 1.26 bits per heavy atom. The molecule has 2 aromatic heterocycles. The summed E-state index contributed by atoms with van der Waals surface area (Å²) in [5, 5.41) is 7.68. The first-order valence-corrected chi connectivity index (χ1v) is 8.77. The van der Waals surface area contributed by atoms with E-state index in [0.29, 0.717) is 20.8 Å². The highest BCUT2D eigenvalue weighted by Gasteiger charge is 2.14. The minimum Gasteiger partial charge on any atom is -0.348 e. The van der Waals surface area contributed by atoms with Crippen molar-refractivity contribution in [2.45, 2.75) is 6.54 Å². The lowest BCUT2D eigenvalue weighted by Crippen LogP contribution is -2.23.